The Balaban J connectivity index is 1.03. The van der Waals surface area contributed by atoms with Crippen LogP contribution in [0.2, 0.25) is 0 Å². The number of fused-ring (bicyclic) bond motifs is 8. The van der Waals surface area contributed by atoms with E-state index in [4.69, 9.17) is 47.9 Å². The predicted octanol–water partition coefficient (Wildman–Crippen LogP) is 1.82. The second-order valence-electron chi connectivity index (χ2n) is 22.7. The average Bonchev–Trinajstić information content (AvgIpc) is 2.81. The number of nitrogens with zero attached hydrogens (tertiary/aromatic N) is 2. The molecule has 6 aliphatic heterocycles. The number of aryl methyl sites for hydroxylation is 4. The second-order valence-corrected chi connectivity index (χ2v) is 22.7. The van der Waals surface area contributed by atoms with Gasteiger partial charge in [0.05, 0.1) is 49.2 Å². The third-order valence-electron chi connectivity index (χ3n) is 16.7. The lowest BCUT2D eigenvalue weighted by Gasteiger charge is -2.35. The molecule has 0 saturated carbocycles. The largest absolute Gasteiger partial charge is 0.462 e. The third-order valence-corrected chi connectivity index (χ3v) is 16.7. The van der Waals surface area contributed by atoms with Crippen LogP contribution in [0.15, 0.2) is 121 Å². The zero-order valence-electron chi connectivity index (χ0n) is 47.0. The van der Waals surface area contributed by atoms with Gasteiger partial charge in [-0.15, -0.1) is 0 Å². The first kappa shape index (κ1) is 59.5. The van der Waals surface area contributed by atoms with Crippen molar-refractivity contribution in [3.8, 4) is 67.5 Å². The van der Waals surface area contributed by atoms with E-state index >= 15 is 0 Å². The second kappa shape index (κ2) is 24.9. The van der Waals surface area contributed by atoms with E-state index in [0.717, 1.165) is 0 Å². The van der Waals surface area contributed by atoms with Crippen molar-refractivity contribution < 1.29 is 99.2 Å². The standard InChI is InChI=1S/C64H66N4O20/c69-45-25-81-61(57(77)53(45)73)85-33-9-1-5-29(21-33)49-37-13-15-39(65-37)50(30-6-2-10-34(22-30)86-62-58(78)54(74)46(70)26-82-62)41-17-19-43(67-41)52(32-8-4-12-36(24-32)88-64-60(80)56(76)48(72)28-84-64)44-20-18-42(68-44)51(40-16-14-38(49)66-40)31-7-3-11-35(23-31)87-63-59(79)55(75)47(71)27-83-63/h1-13,15,18,20-24,45-48,53-65,68-80H,14,16-17,19,25-28H2/t45-,46-,47-,48-,53-,54-,55-,56-,57+,58+,59+,60+,61+,62+,63+,64+/m1/s1. The molecular weight excluding hydrogens is 1140 g/mol. The summed E-state index contributed by atoms with van der Waals surface area (Å²) >= 11 is 0. The molecule has 3 aromatic heterocycles. The van der Waals surface area contributed by atoms with Gasteiger partial charge in [0.15, 0.2) is 0 Å². The van der Waals surface area contributed by atoms with Gasteiger partial charge in [-0.1, -0.05) is 48.5 Å². The number of aliphatic hydroxyl groups excluding tert-OH is 12. The van der Waals surface area contributed by atoms with Gasteiger partial charge in [-0.3, -0.25) is 9.97 Å². The molecule has 0 spiro atoms. The summed E-state index contributed by atoms with van der Waals surface area (Å²) in [4.78, 5) is 18.4. The minimum absolute atomic E-state index is 0.273. The molecule has 14 N–H and O–H groups in total. The van der Waals surface area contributed by atoms with Crippen LogP contribution < -0.4 is 18.9 Å². The molecule has 13 rings (SSSR count). The number of nitrogens with one attached hydrogen (secondary N) is 2. The number of aromatic amines is 2. The van der Waals surface area contributed by atoms with Crippen molar-refractivity contribution in [3.05, 3.63) is 144 Å². The highest BCUT2D eigenvalue weighted by Crippen LogP contribution is 2.41. The molecule has 16 atom stereocenters. The van der Waals surface area contributed by atoms with Crippen molar-refractivity contribution in [1.29, 1.82) is 0 Å². The molecule has 88 heavy (non-hydrogen) atoms. The Morgan fingerprint density at radius 2 is 0.534 bits per heavy atom. The van der Waals surface area contributed by atoms with Gasteiger partial charge in [-0.05, 0) is 121 Å². The van der Waals surface area contributed by atoms with Crippen molar-refractivity contribution >= 4 is 22.1 Å². The first-order valence-corrected chi connectivity index (χ1v) is 29.0. The maximum atomic E-state index is 10.9. The van der Waals surface area contributed by atoms with Gasteiger partial charge < -0.3 is 109 Å². The molecule has 0 radical (unpaired) electrons. The Hall–Kier alpha value is -7.44. The summed E-state index contributed by atoms with van der Waals surface area (Å²) in [5.41, 5.74) is 10.4. The maximum Gasteiger partial charge on any atom is 0.228 e. The summed E-state index contributed by atoms with van der Waals surface area (Å²) in [6, 6.07) is 36.2. The summed E-state index contributed by atoms with van der Waals surface area (Å²) in [5, 5.41) is 127. The van der Waals surface area contributed by atoms with Gasteiger partial charge >= 0.3 is 0 Å². The van der Waals surface area contributed by atoms with Crippen LogP contribution in [-0.2, 0) is 44.6 Å². The van der Waals surface area contributed by atoms with Gasteiger partial charge in [0.25, 0.3) is 0 Å². The van der Waals surface area contributed by atoms with E-state index < -0.39 is 98.4 Å². The summed E-state index contributed by atoms with van der Waals surface area (Å²) in [5.74, 6) is 1.11. The molecule has 0 unspecified atom stereocenters. The number of benzene rings is 4. The van der Waals surface area contributed by atoms with Crippen LogP contribution in [-0.4, -0.2) is 206 Å². The first-order chi connectivity index (χ1) is 42.5. The van der Waals surface area contributed by atoms with Crippen molar-refractivity contribution in [2.45, 2.75) is 124 Å². The molecule has 4 fully saturated rings. The summed E-state index contributed by atoms with van der Waals surface area (Å²) in [6.45, 7) is -1.09. The molecular formula is C64H66N4O20. The van der Waals surface area contributed by atoms with E-state index in [0.29, 0.717) is 115 Å². The van der Waals surface area contributed by atoms with Gasteiger partial charge in [-0.2, -0.15) is 0 Å². The molecule has 24 nitrogen and oxygen atoms in total. The average molecular weight is 1210 g/mol. The maximum absolute atomic E-state index is 10.9. The SMILES string of the molecule is O[C@@H]1[C@H](Oc2cccc(-c3c4nc(c(-c5cccc(O[C@@H]6OC[C@@H](O)[C@@H](O)[C@@H]6O)c5)c5ccc([nH]5)c(-c5cccc(O[C@@H]6OC[C@@H](O)[C@@H](O)[C@@H]6O)c5)c5nc(c(-c6cccc(O[C@@H]7OC[C@@H](O)[C@@H](O)[C@@H]7O)c6)c6ccc3[nH]6)CC5)CC4)c2)OC[C@@H](O)[C@H]1O. The lowest BCUT2D eigenvalue weighted by molar-refractivity contribution is -0.242. The quantitative estimate of drug-likeness (QED) is 0.0830. The summed E-state index contributed by atoms with van der Waals surface area (Å²) in [6.07, 6.45) is -21.2. The van der Waals surface area contributed by atoms with Crippen LogP contribution >= 0.6 is 0 Å². The fourth-order valence-corrected chi connectivity index (χ4v) is 12.0. The highest BCUT2D eigenvalue weighted by atomic mass is 16.7. The van der Waals surface area contributed by atoms with Crippen LogP contribution in [0.5, 0.6) is 23.0 Å². The summed E-state index contributed by atoms with van der Waals surface area (Å²) in [7, 11) is 0. The lowest BCUT2D eigenvalue weighted by Crippen LogP contribution is -2.54. The zero-order valence-corrected chi connectivity index (χ0v) is 47.0. The molecule has 0 aliphatic carbocycles. The predicted molar refractivity (Wildman–Crippen MR) is 311 cm³/mol. The van der Waals surface area contributed by atoms with Gasteiger partial charge in [-0.25, -0.2) is 0 Å². The molecule has 9 heterocycles. The number of hydrogen-bond donors (Lipinski definition) is 14. The van der Waals surface area contributed by atoms with E-state index in [1.807, 2.05) is 48.5 Å². The molecule has 7 aromatic rings. The Morgan fingerprint density at radius 1 is 0.307 bits per heavy atom. The van der Waals surface area contributed by atoms with Crippen LogP contribution in [0, 0.1) is 0 Å². The molecule has 24 heteroatoms. The van der Waals surface area contributed by atoms with E-state index in [1.54, 1.807) is 72.8 Å². The number of hydrogen-bond acceptors (Lipinski definition) is 22. The van der Waals surface area contributed by atoms with Crippen LogP contribution in [0.1, 0.15) is 22.8 Å². The number of ether oxygens (including phenoxy) is 8. The topological polar surface area (TPSA) is 374 Å². The van der Waals surface area contributed by atoms with Crippen molar-refractivity contribution in [1.82, 2.24) is 19.9 Å². The smallest absolute Gasteiger partial charge is 0.228 e. The zero-order chi connectivity index (χ0) is 61.1. The van der Waals surface area contributed by atoms with Crippen LogP contribution in [0.25, 0.3) is 66.6 Å². The van der Waals surface area contributed by atoms with Crippen molar-refractivity contribution in [2.24, 2.45) is 0 Å². The number of H-pyrrole nitrogens is 2. The normalized spacial score (nSPS) is 30.0. The minimum Gasteiger partial charge on any atom is -0.462 e. The van der Waals surface area contributed by atoms with Gasteiger partial charge in [0.1, 0.15) is 96.2 Å². The number of aliphatic hydroxyl groups is 12. The van der Waals surface area contributed by atoms with E-state index in [2.05, 4.69) is 9.97 Å². The highest BCUT2D eigenvalue weighted by molar-refractivity contribution is 5.92. The number of rotatable bonds is 12. The van der Waals surface area contributed by atoms with Crippen LogP contribution in [0.3, 0.4) is 0 Å². The fraction of sp³-hybridized carbons (Fsp3) is 0.375. The molecule has 0 amide bonds. The Kier molecular flexibility index (Phi) is 16.8. The van der Waals surface area contributed by atoms with E-state index in [1.165, 1.54) is 0 Å². The molecule has 8 bridgehead atoms. The molecule has 6 aliphatic rings. The van der Waals surface area contributed by atoms with Crippen LogP contribution in [0.4, 0.5) is 0 Å². The van der Waals surface area contributed by atoms with Crippen molar-refractivity contribution in [3.63, 3.8) is 0 Å². The molecule has 4 saturated heterocycles. The first-order valence-electron chi connectivity index (χ1n) is 29.0. The van der Waals surface area contributed by atoms with Crippen molar-refractivity contribution in [2.75, 3.05) is 26.4 Å². The Morgan fingerprint density at radius 3 is 0.761 bits per heavy atom. The summed E-state index contributed by atoms with van der Waals surface area (Å²) < 4.78 is 47.3. The minimum atomic E-state index is -1.57. The monoisotopic (exact) mass is 1210 g/mol. The number of aromatic nitrogens is 4. The van der Waals surface area contributed by atoms with E-state index in [-0.39, 0.29) is 49.4 Å². The highest BCUT2D eigenvalue weighted by Gasteiger charge is 2.43. The fourth-order valence-electron chi connectivity index (χ4n) is 12.0. The van der Waals surface area contributed by atoms with E-state index in [9.17, 15) is 61.3 Å². The third kappa shape index (κ3) is 11.7. The molecule has 462 valence electrons. The lowest BCUT2D eigenvalue weighted by atomic mass is 10.00. The van der Waals surface area contributed by atoms with Gasteiger partial charge in [0, 0.05) is 44.3 Å². The Bertz CT molecular complexity index is 3380. The molecule has 4 aromatic carbocycles. The Labute approximate surface area is 501 Å². The van der Waals surface area contributed by atoms with Gasteiger partial charge in [0.2, 0.25) is 25.2 Å².